The number of ketones is 1. The molecule has 0 aromatic heterocycles. The smallest absolute Gasteiger partial charge is 0.154 e. The van der Waals surface area contributed by atoms with Crippen molar-refractivity contribution in [1.82, 2.24) is 0 Å². The van der Waals surface area contributed by atoms with Crippen molar-refractivity contribution in [3.8, 4) is 6.07 Å². The third-order valence-corrected chi connectivity index (χ3v) is 3.20. The first-order valence-electron chi connectivity index (χ1n) is 5.39. The number of rotatable bonds is 4. The molecule has 16 heavy (non-hydrogen) atoms. The minimum absolute atomic E-state index is 0.00176. The van der Waals surface area contributed by atoms with Gasteiger partial charge in [-0.1, -0.05) is 29.8 Å². The van der Waals surface area contributed by atoms with Gasteiger partial charge in [0.1, 0.15) is 5.92 Å². The highest BCUT2D eigenvalue weighted by Crippen LogP contribution is 2.35. The Kier molecular flexibility index (Phi) is 3.26. The largest absolute Gasteiger partial charge is 0.298 e. The maximum absolute atomic E-state index is 11.9. The summed E-state index contributed by atoms with van der Waals surface area (Å²) in [6.07, 6.45) is 2.75. The normalized spacial score (nSPS) is 16.5. The lowest BCUT2D eigenvalue weighted by Gasteiger charge is -2.09. The molecular weight excluding hydrogens is 222 g/mol. The van der Waals surface area contributed by atoms with Crippen molar-refractivity contribution < 1.29 is 4.79 Å². The van der Waals surface area contributed by atoms with E-state index in [9.17, 15) is 4.79 Å². The molecule has 1 aromatic carbocycles. The van der Waals surface area contributed by atoms with E-state index in [0.29, 0.717) is 22.9 Å². The number of halogens is 1. The number of nitrogens with zero attached hydrogens (tertiary/aromatic N) is 1. The maximum atomic E-state index is 11.9. The van der Waals surface area contributed by atoms with Crippen LogP contribution in [0.4, 0.5) is 0 Å². The molecule has 0 saturated heterocycles. The Morgan fingerprint density at radius 2 is 2.19 bits per heavy atom. The number of benzene rings is 1. The Morgan fingerprint density at radius 3 is 2.75 bits per heavy atom. The molecule has 1 unspecified atom stereocenters. The van der Waals surface area contributed by atoms with Crippen LogP contribution >= 0.6 is 11.6 Å². The van der Waals surface area contributed by atoms with Gasteiger partial charge in [-0.25, -0.2) is 0 Å². The van der Waals surface area contributed by atoms with Crippen LogP contribution in [0.1, 0.15) is 30.7 Å². The van der Waals surface area contributed by atoms with Crippen molar-refractivity contribution in [2.75, 3.05) is 0 Å². The molecule has 1 aliphatic rings. The highest BCUT2D eigenvalue weighted by molar-refractivity contribution is 6.31. The number of carbonyl (C=O) groups is 1. The number of hydrogen-bond donors (Lipinski definition) is 0. The van der Waals surface area contributed by atoms with Crippen LogP contribution in [0.15, 0.2) is 24.3 Å². The second-order valence-corrected chi connectivity index (χ2v) is 4.60. The minimum atomic E-state index is -0.700. The highest BCUT2D eigenvalue weighted by atomic mass is 35.5. The molecule has 82 valence electrons. The molecule has 1 aromatic rings. The van der Waals surface area contributed by atoms with Gasteiger partial charge in [-0.3, -0.25) is 4.79 Å². The van der Waals surface area contributed by atoms with Gasteiger partial charge in [-0.05, 0) is 30.4 Å². The van der Waals surface area contributed by atoms with Crippen LogP contribution in [-0.2, 0) is 4.79 Å². The van der Waals surface area contributed by atoms with E-state index in [2.05, 4.69) is 6.07 Å². The van der Waals surface area contributed by atoms with Crippen LogP contribution in [0.5, 0.6) is 0 Å². The van der Waals surface area contributed by atoms with E-state index in [1.807, 2.05) is 0 Å². The summed E-state index contributed by atoms with van der Waals surface area (Å²) in [5.41, 5.74) is 0.636. The minimum Gasteiger partial charge on any atom is -0.298 e. The summed E-state index contributed by atoms with van der Waals surface area (Å²) >= 11 is 5.99. The van der Waals surface area contributed by atoms with Crippen molar-refractivity contribution in [2.24, 2.45) is 5.92 Å². The van der Waals surface area contributed by atoms with E-state index >= 15 is 0 Å². The van der Waals surface area contributed by atoms with E-state index in [-0.39, 0.29) is 5.78 Å². The fraction of sp³-hybridized carbons (Fsp3) is 0.385. The van der Waals surface area contributed by atoms with Crippen molar-refractivity contribution in [3.05, 3.63) is 34.9 Å². The van der Waals surface area contributed by atoms with Gasteiger partial charge in [0.05, 0.1) is 6.07 Å². The monoisotopic (exact) mass is 233 g/mol. The molecule has 3 heteroatoms. The van der Waals surface area contributed by atoms with Gasteiger partial charge < -0.3 is 0 Å². The first kappa shape index (κ1) is 11.2. The lowest BCUT2D eigenvalue weighted by atomic mass is 9.93. The molecule has 0 bridgehead atoms. The van der Waals surface area contributed by atoms with Gasteiger partial charge in [0.2, 0.25) is 0 Å². The third kappa shape index (κ3) is 2.43. The van der Waals surface area contributed by atoms with Gasteiger partial charge in [-0.15, -0.1) is 0 Å². The van der Waals surface area contributed by atoms with Crippen molar-refractivity contribution in [2.45, 2.75) is 25.2 Å². The summed E-state index contributed by atoms with van der Waals surface area (Å²) in [5.74, 6) is -0.196. The Hall–Kier alpha value is -1.33. The van der Waals surface area contributed by atoms with Crippen LogP contribution in [0.25, 0.3) is 0 Å². The molecule has 0 spiro atoms. The van der Waals surface area contributed by atoms with E-state index < -0.39 is 5.92 Å². The number of nitriles is 1. The molecule has 1 aliphatic carbocycles. The topological polar surface area (TPSA) is 40.9 Å². The Labute approximate surface area is 99.8 Å². The van der Waals surface area contributed by atoms with Crippen LogP contribution in [0.3, 0.4) is 0 Å². The van der Waals surface area contributed by atoms with Crippen molar-refractivity contribution in [3.63, 3.8) is 0 Å². The first-order valence-corrected chi connectivity index (χ1v) is 5.77. The summed E-state index contributed by atoms with van der Waals surface area (Å²) in [6.45, 7) is 0. The highest BCUT2D eigenvalue weighted by Gasteiger charge is 2.29. The quantitative estimate of drug-likeness (QED) is 0.801. The molecule has 2 nitrogen and oxygen atoms in total. The maximum Gasteiger partial charge on any atom is 0.154 e. The van der Waals surface area contributed by atoms with Crippen LogP contribution in [0, 0.1) is 17.2 Å². The summed E-state index contributed by atoms with van der Waals surface area (Å²) in [4.78, 5) is 11.9. The predicted octanol–water partition coefficient (Wildman–Crippen LogP) is 3.32. The zero-order valence-corrected chi connectivity index (χ0v) is 9.57. The summed E-state index contributed by atoms with van der Waals surface area (Å²) < 4.78 is 0. The standard InChI is InChI=1S/C13H12ClNO/c14-12-4-2-1-3-10(12)11(8-15)13(16)7-9-5-6-9/h1-4,9,11H,5-7H2. The molecular formula is C13H12ClNO. The van der Waals surface area contributed by atoms with Gasteiger partial charge in [0, 0.05) is 11.4 Å². The zero-order valence-electron chi connectivity index (χ0n) is 8.82. The molecule has 0 N–H and O–H groups in total. The second-order valence-electron chi connectivity index (χ2n) is 4.20. The van der Waals surface area contributed by atoms with Gasteiger partial charge >= 0.3 is 0 Å². The average Bonchev–Trinajstić information content (AvgIpc) is 3.06. The number of Topliss-reactive ketones (excluding diaryl/α,β-unsaturated/α-hetero) is 1. The summed E-state index contributed by atoms with van der Waals surface area (Å²) in [5, 5.41) is 9.58. The number of hydrogen-bond acceptors (Lipinski definition) is 2. The molecule has 1 saturated carbocycles. The molecule has 1 atom stereocenters. The van der Waals surface area contributed by atoms with Crippen LogP contribution in [-0.4, -0.2) is 5.78 Å². The van der Waals surface area contributed by atoms with Gasteiger partial charge in [-0.2, -0.15) is 5.26 Å². The third-order valence-electron chi connectivity index (χ3n) is 2.85. The van der Waals surface area contributed by atoms with Gasteiger partial charge in [0.25, 0.3) is 0 Å². The van der Waals surface area contributed by atoms with E-state index in [1.54, 1.807) is 24.3 Å². The summed E-state index contributed by atoms with van der Waals surface area (Å²) in [7, 11) is 0. The fourth-order valence-electron chi connectivity index (χ4n) is 1.75. The molecule has 0 aliphatic heterocycles. The summed E-state index contributed by atoms with van der Waals surface area (Å²) in [6, 6.07) is 9.12. The zero-order chi connectivity index (χ0) is 11.5. The lowest BCUT2D eigenvalue weighted by molar-refractivity contribution is -0.119. The first-order chi connectivity index (χ1) is 7.72. The van der Waals surface area contributed by atoms with Crippen LogP contribution in [0.2, 0.25) is 5.02 Å². The second kappa shape index (κ2) is 4.67. The van der Waals surface area contributed by atoms with Crippen molar-refractivity contribution >= 4 is 17.4 Å². The number of carbonyl (C=O) groups excluding carboxylic acids is 1. The fourth-order valence-corrected chi connectivity index (χ4v) is 1.99. The van der Waals surface area contributed by atoms with Crippen molar-refractivity contribution in [1.29, 1.82) is 5.26 Å². The Morgan fingerprint density at radius 1 is 1.50 bits per heavy atom. The molecule has 2 rings (SSSR count). The Balaban J connectivity index is 2.18. The van der Waals surface area contributed by atoms with E-state index in [4.69, 9.17) is 16.9 Å². The SMILES string of the molecule is N#CC(C(=O)CC1CC1)c1ccccc1Cl. The molecule has 1 fully saturated rings. The Bertz CT molecular complexity index is 445. The van der Waals surface area contributed by atoms with Gasteiger partial charge in [0.15, 0.2) is 5.78 Å². The average molecular weight is 234 g/mol. The van der Waals surface area contributed by atoms with E-state index in [0.717, 1.165) is 12.8 Å². The predicted molar refractivity (Wildman–Crippen MR) is 62.2 cm³/mol. The molecule has 0 heterocycles. The van der Waals surface area contributed by atoms with Crippen LogP contribution < -0.4 is 0 Å². The molecule has 0 radical (unpaired) electrons. The van der Waals surface area contributed by atoms with E-state index in [1.165, 1.54) is 0 Å². The lowest BCUT2D eigenvalue weighted by Crippen LogP contribution is -2.11. The molecule has 0 amide bonds.